The second-order valence-electron chi connectivity index (χ2n) is 6.50. The molecule has 0 amide bonds. The van der Waals surface area contributed by atoms with Gasteiger partial charge in [0.1, 0.15) is 0 Å². The molecule has 0 aromatic carbocycles. The van der Waals surface area contributed by atoms with Gasteiger partial charge in [-0.05, 0) is 13.0 Å². The quantitative estimate of drug-likeness (QED) is 0.733. The molecular formula is C11H26OSi2. The van der Waals surface area contributed by atoms with Gasteiger partial charge in [0, 0.05) is 8.07 Å². The molecule has 84 valence electrons. The van der Waals surface area contributed by atoms with Crippen LogP contribution in [0.15, 0.2) is 11.3 Å². The summed E-state index contributed by atoms with van der Waals surface area (Å²) >= 11 is 0. The summed E-state index contributed by atoms with van der Waals surface area (Å²) in [6.45, 7) is 15.9. The molecule has 0 aromatic rings. The molecule has 1 atom stereocenters. The molecule has 0 heterocycles. The van der Waals surface area contributed by atoms with Gasteiger partial charge in [0.05, 0.1) is 14.2 Å². The summed E-state index contributed by atoms with van der Waals surface area (Å²) < 4.78 is 0. The molecule has 1 unspecified atom stereocenters. The van der Waals surface area contributed by atoms with Gasteiger partial charge in [-0.2, -0.15) is 0 Å². The van der Waals surface area contributed by atoms with E-state index in [0.717, 1.165) is 6.04 Å². The third-order valence-corrected chi connectivity index (χ3v) is 4.60. The lowest BCUT2D eigenvalue weighted by Gasteiger charge is -2.23. The first-order chi connectivity index (χ1) is 6.01. The zero-order valence-corrected chi connectivity index (χ0v) is 12.8. The molecule has 0 radical (unpaired) electrons. The Balaban J connectivity index is 4.71. The Morgan fingerprint density at radius 2 is 1.57 bits per heavy atom. The van der Waals surface area contributed by atoms with Crippen LogP contribution in [0.4, 0.5) is 0 Å². The van der Waals surface area contributed by atoms with Crippen molar-refractivity contribution in [2.75, 3.05) is 0 Å². The van der Waals surface area contributed by atoms with E-state index in [0.29, 0.717) is 0 Å². The van der Waals surface area contributed by atoms with Crippen molar-refractivity contribution in [3.05, 3.63) is 11.3 Å². The molecule has 0 spiro atoms. The van der Waals surface area contributed by atoms with Crippen LogP contribution in [0, 0.1) is 0 Å². The average Bonchev–Trinajstić information content (AvgIpc) is 1.78. The predicted molar refractivity (Wildman–Crippen MR) is 71.3 cm³/mol. The minimum atomic E-state index is -1.18. The maximum absolute atomic E-state index is 9.71. The maximum Gasteiger partial charge on any atom is 0.0715 e. The Morgan fingerprint density at radius 3 is 1.79 bits per heavy atom. The zero-order valence-electron chi connectivity index (χ0n) is 10.8. The SMILES string of the molecule is CC(O)/C(=C\[Si](C)(C)C)C[Si](C)(C)C. The van der Waals surface area contributed by atoms with Gasteiger partial charge in [0.15, 0.2) is 0 Å². The highest BCUT2D eigenvalue weighted by Crippen LogP contribution is 2.21. The molecule has 0 aliphatic heterocycles. The monoisotopic (exact) mass is 230 g/mol. The number of rotatable bonds is 4. The van der Waals surface area contributed by atoms with E-state index in [1.807, 2.05) is 6.92 Å². The van der Waals surface area contributed by atoms with Crippen molar-refractivity contribution in [1.29, 1.82) is 0 Å². The highest BCUT2D eigenvalue weighted by molar-refractivity contribution is 6.81. The summed E-state index contributed by atoms with van der Waals surface area (Å²) in [4.78, 5) is 0. The van der Waals surface area contributed by atoms with E-state index in [4.69, 9.17) is 0 Å². The average molecular weight is 230 g/mol. The van der Waals surface area contributed by atoms with Crippen molar-refractivity contribution in [3.63, 3.8) is 0 Å². The summed E-state index contributed by atoms with van der Waals surface area (Å²) in [6, 6.07) is 1.13. The van der Waals surface area contributed by atoms with Crippen molar-refractivity contribution in [1.82, 2.24) is 0 Å². The van der Waals surface area contributed by atoms with Crippen molar-refractivity contribution in [3.8, 4) is 0 Å². The third kappa shape index (κ3) is 7.53. The summed E-state index contributed by atoms with van der Waals surface area (Å²) in [6.07, 6.45) is -0.256. The fourth-order valence-electron chi connectivity index (χ4n) is 1.49. The van der Waals surface area contributed by atoms with E-state index in [9.17, 15) is 5.11 Å². The molecule has 0 rings (SSSR count). The van der Waals surface area contributed by atoms with Crippen LogP contribution in [0.3, 0.4) is 0 Å². The van der Waals surface area contributed by atoms with Crippen molar-refractivity contribution in [2.24, 2.45) is 0 Å². The van der Waals surface area contributed by atoms with Crippen molar-refractivity contribution >= 4 is 16.1 Å². The van der Waals surface area contributed by atoms with Crippen LogP contribution in [-0.2, 0) is 0 Å². The Hall–Kier alpha value is 0.134. The number of aliphatic hydroxyl groups is 1. The minimum absolute atomic E-state index is 0.256. The lowest BCUT2D eigenvalue weighted by atomic mass is 10.2. The molecule has 14 heavy (non-hydrogen) atoms. The number of aliphatic hydroxyl groups excluding tert-OH is 1. The topological polar surface area (TPSA) is 20.2 Å². The van der Waals surface area contributed by atoms with Crippen LogP contribution in [0.2, 0.25) is 45.3 Å². The van der Waals surface area contributed by atoms with Crippen LogP contribution >= 0.6 is 0 Å². The summed E-state index contributed by atoms with van der Waals surface area (Å²) in [5, 5.41) is 9.71. The van der Waals surface area contributed by atoms with Gasteiger partial charge in [0.25, 0.3) is 0 Å². The molecular weight excluding hydrogens is 204 g/mol. The van der Waals surface area contributed by atoms with Gasteiger partial charge in [0.2, 0.25) is 0 Å². The van der Waals surface area contributed by atoms with Crippen LogP contribution < -0.4 is 0 Å². The van der Waals surface area contributed by atoms with Crippen LogP contribution in [0.25, 0.3) is 0 Å². The van der Waals surface area contributed by atoms with Gasteiger partial charge in [-0.3, -0.25) is 0 Å². The smallest absolute Gasteiger partial charge is 0.0715 e. The first-order valence-electron chi connectivity index (χ1n) is 5.41. The highest BCUT2D eigenvalue weighted by atomic mass is 28.3. The van der Waals surface area contributed by atoms with Gasteiger partial charge < -0.3 is 5.11 Å². The van der Waals surface area contributed by atoms with E-state index in [-0.39, 0.29) is 6.10 Å². The second kappa shape index (κ2) is 4.77. The van der Waals surface area contributed by atoms with E-state index >= 15 is 0 Å². The Labute approximate surface area is 91.3 Å². The summed E-state index contributed by atoms with van der Waals surface area (Å²) in [5.74, 6) is 0. The van der Waals surface area contributed by atoms with Crippen LogP contribution in [-0.4, -0.2) is 27.4 Å². The third-order valence-electron chi connectivity index (χ3n) is 1.89. The molecule has 1 N–H and O–H groups in total. The fourth-order valence-corrected chi connectivity index (χ4v) is 4.77. The molecule has 0 aromatic heterocycles. The van der Waals surface area contributed by atoms with E-state index in [2.05, 4.69) is 45.0 Å². The van der Waals surface area contributed by atoms with Gasteiger partial charge in [-0.1, -0.05) is 50.6 Å². The summed E-state index contributed by atoms with van der Waals surface area (Å²) in [5.41, 5.74) is 3.65. The van der Waals surface area contributed by atoms with E-state index in [1.165, 1.54) is 5.57 Å². The van der Waals surface area contributed by atoms with Gasteiger partial charge in [-0.25, -0.2) is 0 Å². The molecule has 0 saturated heterocycles. The summed E-state index contributed by atoms with van der Waals surface area (Å²) in [7, 11) is -2.27. The van der Waals surface area contributed by atoms with Crippen LogP contribution in [0.1, 0.15) is 6.92 Å². The van der Waals surface area contributed by atoms with Gasteiger partial charge in [-0.15, -0.1) is 0 Å². The lowest BCUT2D eigenvalue weighted by molar-refractivity contribution is 0.231. The largest absolute Gasteiger partial charge is 0.389 e. The number of hydrogen-bond donors (Lipinski definition) is 1. The van der Waals surface area contributed by atoms with E-state index < -0.39 is 16.1 Å². The Bertz CT molecular complexity index is 206. The van der Waals surface area contributed by atoms with Crippen LogP contribution in [0.5, 0.6) is 0 Å². The molecule has 0 saturated carbocycles. The predicted octanol–water partition coefficient (Wildman–Crippen LogP) is 3.51. The molecule has 0 aliphatic rings. The maximum atomic E-state index is 9.71. The molecule has 1 nitrogen and oxygen atoms in total. The zero-order chi connectivity index (χ0) is 11.6. The highest BCUT2D eigenvalue weighted by Gasteiger charge is 2.20. The Morgan fingerprint density at radius 1 is 1.14 bits per heavy atom. The number of hydrogen-bond acceptors (Lipinski definition) is 1. The molecule has 0 fully saturated rings. The first-order valence-corrected chi connectivity index (χ1v) is 12.7. The first kappa shape index (κ1) is 14.1. The lowest BCUT2D eigenvalue weighted by Crippen LogP contribution is -2.26. The normalized spacial score (nSPS) is 17.0. The second-order valence-corrected chi connectivity index (χ2v) is 17.0. The van der Waals surface area contributed by atoms with Crippen molar-refractivity contribution < 1.29 is 5.11 Å². The molecule has 0 bridgehead atoms. The standard InChI is InChI=1S/C11H26OSi2/c1-10(12)11(8-13(2,3)4)9-14(5,6)7/h8,10,12H,9H2,1-7H3/b11-8-. The van der Waals surface area contributed by atoms with E-state index in [1.54, 1.807) is 0 Å². The fraction of sp³-hybridized carbons (Fsp3) is 0.818. The molecule has 0 aliphatic carbocycles. The molecule has 3 heteroatoms. The Kier molecular flexibility index (Phi) is 4.82. The van der Waals surface area contributed by atoms with Crippen molar-refractivity contribution in [2.45, 2.75) is 58.4 Å². The van der Waals surface area contributed by atoms with Gasteiger partial charge >= 0.3 is 0 Å². The minimum Gasteiger partial charge on any atom is -0.389 e.